The summed E-state index contributed by atoms with van der Waals surface area (Å²) in [5.41, 5.74) is 2.77. The molecule has 0 atom stereocenters. The van der Waals surface area contributed by atoms with Gasteiger partial charge in [-0.05, 0) is 48.2 Å². The van der Waals surface area contributed by atoms with Crippen LogP contribution >= 0.6 is 0 Å². The Bertz CT molecular complexity index is 1110. The number of carbonyl (C=O) groups is 1. The van der Waals surface area contributed by atoms with Gasteiger partial charge in [0.1, 0.15) is 17.3 Å². The summed E-state index contributed by atoms with van der Waals surface area (Å²) in [6, 6.07) is 15.0. The minimum absolute atomic E-state index is 0.0487. The summed E-state index contributed by atoms with van der Waals surface area (Å²) in [6.07, 6.45) is 1.15. The molecule has 0 bridgehead atoms. The average Bonchev–Trinajstić information content (AvgIpc) is 2.73. The lowest BCUT2D eigenvalue weighted by Crippen LogP contribution is -2.29. The number of aromatic nitrogens is 2. The number of benzene rings is 2. The zero-order chi connectivity index (χ0) is 22.0. The molecule has 0 saturated carbocycles. The van der Waals surface area contributed by atoms with E-state index in [1.807, 2.05) is 48.5 Å². The molecule has 1 aromatic heterocycles. The lowest BCUT2D eigenvalue weighted by molar-refractivity contribution is 0.0911. The highest BCUT2D eigenvalue weighted by Crippen LogP contribution is 2.38. The van der Waals surface area contributed by atoms with E-state index in [1.54, 1.807) is 14.2 Å². The summed E-state index contributed by atoms with van der Waals surface area (Å²) in [5.74, 6) is 2.46. The van der Waals surface area contributed by atoms with Crippen molar-refractivity contribution in [2.45, 2.75) is 26.7 Å². The lowest BCUT2D eigenvalue weighted by atomic mass is 9.75. The Morgan fingerprint density at radius 3 is 2.32 bits per heavy atom. The normalized spacial score (nSPS) is 14.5. The molecular formula is C24H26N4O3. The zero-order valence-corrected chi connectivity index (χ0v) is 18.2. The topological polar surface area (TPSA) is 85.4 Å². The summed E-state index contributed by atoms with van der Waals surface area (Å²) in [4.78, 5) is 22.3. The molecule has 0 fully saturated rings. The van der Waals surface area contributed by atoms with Crippen molar-refractivity contribution in [1.82, 2.24) is 9.97 Å². The van der Waals surface area contributed by atoms with Crippen molar-refractivity contribution >= 4 is 28.9 Å². The predicted molar refractivity (Wildman–Crippen MR) is 121 cm³/mol. The highest BCUT2D eigenvalue weighted by atomic mass is 16.5. The van der Waals surface area contributed by atoms with E-state index < -0.39 is 0 Å². The quantitative estimate of drug-likeness (QED) is 0.573. The molecule has 1 heterocycles. The van der Waals surface area contributed by atoms with E-state index in [9.17, 15) is 4.79 Å². The second kappa shape index (κ2) is 8.26. The first kappa shape index (κ1) is 20.7. The minimum atomic E-state index is -0.150. The van der Waals surface area contributed by atoms with Crippen LogP contribution in [-0.4, -0.2) is 30.0 Å². The van der Waals surface area contributed by atoms with Crippen molar-refractivity contribution in [3.8, 4) is 11.5 Å². The first-order valence-corrected chi connectivity index (χ1v) is 10.1. The Labute approximate surface area is 181 Å². The molecule has 0 spiro atoms. The number of methoxy groups -OCH3 is 2. The molecule has 4 rings (SSSR count). The summed E-state index contributed by atoms with van der Waals surface area (Å²) in [5, 5.41) is 6.54. The molecule has 160 valence electrons. The molecule has 2 aromatic carbocycles. The third-order valence-electron chi connectivity index (χ3n) is 5.23. The molecule has 0 unspecified atom stereocenters. The number of hydrogen-bond donors (Lipinski definition) is 2. The van der Waals surface area contributed by atoms with E-state index in [-0.39, 0.29) is 11.2 Å². The fourth-order valence-corrected chi connectivity index (χ4v) is 3.75. The fourth-order valence-electron chi connectivity index (χ4n) is 3.75. The number of anilines is 4. The van der Waals surface area contributed by atoms with Gasteiger partial charge in [0.25, 0.3) is 0 Å². The number of carbonyl (C=O) groups excluding carboxylic acids is 1. The van der Waals surface area contributed by atoms with Crippen LogP contribution in [0.3, 0.4) is 0 Å². The van der Waals surface area contributed by atoms with Crippen LogP contribution in [0, 0.1) is 5.41 Å². The number of ketones is 1. The molecule has 2 N–H and O–H groups in total. The van der Waals surface area contributed by atoms with Crippen LogP contribution in [0.4, 0.5) is 23.1 Å². The van der Waals surface area contributed by atoms with Crippen molar-refractivity contribution < 1.29 is 14.3 Å². The largest absolute Gasteiger partial charge is 0.497 e. The number of Topliss-reactive ketones (excluding diaryl/α,β-unsaturated/α-hetero) is 1. The highest BCUT2D eigenvalue weighted by molar-refractivity contribution is 6.03. The van der Waals surface area contributed by atoms with Crippen molar-refractivity contribution in [2.75, 3.05) is 24.9 Å². The second-order valence-electron chi connectivity index (χ2n) is 8.37. The monoisotopic (exact) mass is 418 g/mol. The van der Waals surface area contributed by atoms with Crippen molar-refractivity contribution in [3.63, 3.8) is 0 Å². The van der Waals surface area contributed by atoms with Crippen LogP contribution < -0.4 is 20.1 Å². The molecule has 0 aliphatic heterocycles. The van der Waals surface area contributed by atoms with Crippen LogP contribution in [0.2, 0.25) is 0 Å². The number of hydrogen-bond acceptors (Lipinski definition) is 7. The van der Waals surface area contributed by atoms with Gasteiger partial charge in [0.2, 0.25) is 5.95 Å². The Kier molecular flexibility index (Phi) is 5.50. The fraction of sp³-hybridized carbons (Fsp3) is 0.292. The number of nitrogens with one attached hydrogen (secondary N) is 2. The maximum atomic E-state index is 13.0. The van der Waals surface area contributed by atoms with E-state index in [0.717, 1.165) is 28.6 Å². The molecule has 1 aliphatic rings. The van der Waals surface area contributed by atoms with Crippen molar-refractivity contribution in [3.05, 3.63) is 59.8 Å². The highest BCUT2D eigenvalue weighted by Gasteiger charge is 2.35. The molecular weight excluding hydrogens is 392 g/mol. The SMILES string of the molecule is COc1ccc(Nc2nc3c(c(Nc4cccc(OC)c4)n2)C(=O)CC(C)(C)C3)cc1. The molecule has 31 heavy (non-hydrogen) atoms. The van der Waals surface area contributed by atoms with Gasteiger partial charge < -0.3 is 20.1 Å². The minimum Gasteiger partial charge on any atom is -0.497 e. The van der Waals surface area contributed by atoms with Gasteiger partial charge in [-0.3, -0.25) is 4.79 Å². The number of fused-ring (bicyclic) bond motifs is 1. The van der Waals surface area contributed by atoms with Gasteiger partial charge in [-0.2, -0.15) is 4.98 Å². The third kappa shape index (κ3) is 4.60. The van der Waals surface area contributed by atoms with Crippen molar-refractivity contribution in [1.29, 1.82) is 0 Å². The summed E-state index contributed by atoms with van der Waals surface area (Å²) in [6.45, 7) is 4.17. The van der Waals surface area contributed by atoms with E-state index in [1.165, 1.54) is 0 Å². The van der Waals surface area contributed by atoms with Gasteiger partial charge >= 0.3 is 0 Å². The molecule has 0 radical (unpaired) electrons. The zero-order valence-electron chi connectivity index (χ0n) is 18.2. The number of nitrogens with zero attached hydrogens (tertiary/aromatic N) is 2. The maximum Gasteiger partial charge on any atom is 0.229 e. The predicted octanol–water partition coefficient (Wildman–Crippen LogP) is 5.14. The van der Waals surface area contributed by atoms with Crippen LogP contribution in [0.5, 0.6) is 11.5 Å². The smallest absolute Gasteiger partial charge is 0.229 e. The van der Waals surface area contributed by atoms with E-state index in [2.05, 4.69) is 29.5 Å². The first-order chi connectivity index (χ1) is 14.9. The van der Waals surface area contributed by atoms with Gasteiger partial charge in [-0.15, -0.1) is 0 Å². The Morgan fingerprint density at radius 1 is 0.871 bits per heavy atom. The van der Waals surface area contributed by atoms with Gasteiger partial charge in [-0.25, -0.2) is 4.98 Å². The standard InChI is InChI=1S/C24H26N4O3/c1-24(2)13-19-21(20(29)14-24)22(25-16-6-5-7-18(12-16)31-4)28-23(27-19)26-15-8-10-17(30-3)11-9-15/h5-12H,13-14H2,1-4H3,(H2,25,26,27,28). The van der Waals surface area contributed by atoms with E-state index >= 15 is 0 Å². The maximum absolute atomic E-state index is 13.0. The van der Waals surface area contributed by atoms with E-state index in [4.69, 9.17) is 14.5 Å². The first-order valence-electron chi connectivity index (χ1n) is 10.1. The molecule has 0 saturated heterocycles. The molecule has 7 nitrogen and oxygen atoms in total. The van der Waals surface area contributed by atoms with E-state index in [0.29, 0.717) is 30.2 Å². The number of rotatable bonds is 6. The summed E-state index contributed by atoms with van der Waals surface area (Å²) >= 11 is 0. The second-order valence-corrected chi connectivity index (χ2v) is 8.37. The Morgan fingerprint density at radius 2 is 1.61 bits per heavy atom. The van der Waals surface area contributed by atoms with Crippen LogP contribution in [0.1, 0.15) is 36.3 Å². The molecule has 0 amide bonds. The Hall–Kier alpha value is -3.61. The summed E-state index contributed by atoms with van der Waals surface area (Å²) < 4.78 is 10.5. The third-order valence-corrected chi connectivity index (χ3v) is 5.23. The molecule has 7 heteroatoms. The Balaban J connectivity index is 1.74. The summed E-state index contributed by atoms with van der Waals surface area (Å²) in [7, 11) is 3.25. The van der Waals surface area contributed by atoms with Gasteiger partial charge in [0.05, 0.1) is 25.5 Å². The van der Waals surface area contributed by atoms with Crippen LogP contribution in [-0.2, 0) is 6.42 Å². The number of ether oxygens (including phenoxy) is 2. The van der Waals surface area contributed by atoms with Gasteiger partial charge in [-0.1, -0.05) is 19.9 Å². The molecule has 3 aromatic rings. The van der Waals surface area contributed by atoms with Crippen LogP contribution in [0.25, 0.3) is 0 Å². The molecule has 1 aliphatic carbocycles. The average molecular weight is 418 g/mol. The van der Waals surface area contributed by atoms with Crippen LogP contribution in [0.15, 0.2) is 48.5 Å². The van der Waals surface area contributed by atoms with Gasteiger partial charge in [0.15, 0.2) is 5.78 Å². The lowest BCUT2D eigenvalue weighted by Gasteiger charge is -2.30. The van der Waals surface area contributed by atoms with Gasteiger partial charge in [0, 0.05) is 23.9 Å². The van der Waals surface area contributed by atoms with Crippen molar-refractivity contribution in [2.24, 2.45) is 5.41 Å².